The standard InChI is InChI=1S/C13H17ClN2O3S/c1-8-6-16(7-9(2)20(8)18)13(17)10-4-11(14)12(19-3)15-5-10/h4-5,8-9H,6-7H2,1-3H3. The number of nitrogens with zero attached hydrogens (tertiary/aromatic N) is 2. The highest BCUT2D eigenvalue weighted by Gasteiger charge is 2.31. The van der Waals surface area contributed by atoms with E-state index in [1.54, 1.807) is 11.0 Å². The Hall–Kier alpha value is -1.14. The third-order valence-corrected chi connectivity index (χ3v) is 5.44. The van der Waals surface area contributed by atoms with Crippen molar-refractivity contribution in [2.45, 2.75) is 24.3 Å². The molecule has 2 unspecified atom stereocenters. The summed E-state index contributed by atoms with van der Waals surface area (Å²) in [5, 5.41) is 0.258. The van der Waals surface area contributed by atoms with Crippen molar-refractivity contribution in [3.8, 4) is 5.88 Å². The van der Waals surface area contributed by atoms with Crippen LogP contribution in [0.1, 0.15) is 24.2 Å². The van der Waals surface area contributed by atoms with Gasteiger partial charge < -0.3 is 9.64 Å². The average Bonchev–Trinajstić information content (AvgIpc) is 2.43. The minimum Gasteiger partial charge on any atom is -0.480 e. The molecule has 1 aromatic heterocycles. The Labute approximate surface area is 125 Å². The molecule has 1 fully saturated rings. The summed E-state index contributed by atoms with van der Waals surface area (Å²) in [5.41, 5.74) is 0.419. The lowest BCUT2D eigenvalue weighted by atomic mass is 10.2. The second kappa shape index (κ2) is 6.10. The largest absolute Gasteiger partial charge is 0.480 e. The average molecular weight is 317 g/mol. The predicted octanol–water partition coefficient (Wildman–Crippen LogP) is 1.73. The zero-order valence-corrected chi connectivity index (χ0v) is 13.2. The van der Waals surface area contributed by atoms with Gasteiger partial charge in [0.25, 0.3) is 5.91 Å². The Morgan fingerprint density at radius 3 is 2.55 bits per heavy atom. The monoisotopic (exact) mass is 316 g/mol. The molecule has 1 amide bonds. The van der Waals surface area contributed by atoms with Gasteiger partial charge in [0.15, 0.2) is 0 Å². The molecular formula is C13H17ClN2O3S. The lowest BCUT2D eigenvalue weighted by molar-refractivity contribution is 0.0751. The minimum atomic E-state index is -0.888. The lowest BCUT2D eigenvalue weighted by Gasteiger charge is -2.34. The van der Waals surface area contributed by atoms with Crippen LogP contribution in [0.25, 0.3) is 0 Å². The van der Waals surface area contributed by atoms with E-state index in [0.29, 0.717) is 29.6 Å². The second-order valence-electron chi connectivity index (χ2n) is 4.87. The number of amides is 1. The van der Waals surface area contributed by atoms with E-state index in [9.17, 15) is 9.00 Å². The number of hydrogen-bond acceptors (Lipinski definition) is 4. The van der Waals surface area contributed by atoms with Crippen molar-refractivity contribution in [3.05, 3.63) is 22.8 Å². The van der Waals surface area contributed by atoms with Gasteiger partial charge in [0, 0.05) is 40.6 Å². The summed E-state index contributed by atoms with van der Waals surface area (Å²) in [6, 6.07) is 1.55. The maximum absolute atomic E-state index is 12.4. The fourth-order valence-electron chi connectivity index (χ4n) is 2.28. The molecule has 1 aliphatic heterocycles. The summed E-state index contributed by atoms with van der Waals surface area (Å²) in [5.74, 6) is 0.155. The van der Waals surface area contributed by atoms with Gasteiger partial charge in [-0.15, -0.1) is 0 Å². The van der Waals surface area contributed by atoms with Gasteiger partial charge in [-0.2, -0.15) is 0 Å². The summed E-state index contributed by atoms with van der Waals surface area (Å²) in [7, 11) is 0.583. The van der Waals surface area contributed by atoms with Crippen molar-refractivity contribution in [2.75, 3.05) is 20.2 Å². The molecule has 1 aromatic rings. The van der Waals surface area contributed by atoms with Gasteiger partial charge in [0.2, 0.25) is 5.88 Å². The van der Waals surface area contributed by atoms with Crippen LogP contribution in [0.4, 0.5) is 0 Å². The Morgan fingerprint density at radius 2 is 2.05 bits per heavy atom. The number of rotatable bonds is 2. The van der Waals surface area contributed by atoms with Crippen LogP contribution in [-0.2, 0) is 10.8 Å². The van der Waals surface area contributed by atoms with E-state index in [4.69, 9.17) is 16.3 Å². The highest BCUT2D eigenvalue weighted by atomic mass is 35.5. The number of hydrogen-bond donors (Lipinski definition) is 0. The van der Waals surface area contributed by atoms with Gasteiger partial charge in [-0.25, -0.2) is 4.98 Å². The molecule has 0 spiro atoms. The Kier molecular flexibility index (Phi) is 4.65. The third kappa shape index (κ3) is 2.96. The zero-order valence-electron chi connectivity index (χ0n) is 11.6. The van der Waals surface area contributed by atoms with Crippen LogP contribution in [0.3, 0.4) is 0 Å². The molecule has 1 aliphatic rings. The zero-order chi connectivity index (χ0) is 14.9. The maximum Gasteiger partial charge on any atom is 0.255 e. The van der Waals surface area contributed by atoms with Crippen LogP contribution in [0.2, 0.25) is 5.02 Å². The van der Waals surface area contributed by atoms with Crippen LogP contribution >= 0.6 is 11.6 Å². The molecule has 5 nitrogen and oxygen atoms in total. The van der Waals surface area contributed by atoms with E-state index in [1.165, 1.54) is 13.3 Å². The van der Waals surface area contributed by atoms with E-state index >= 15 is 0 Å². The van der Waals surface area contributed by atoms with E-state index in [2.05, 4.69) is 4.98 Å². The van der Waals surface area contributed by atoms with Crippen molar-refractivity contribution in [3.63, 3.8) is 0 Å². The molecule has 0 bridgehead atoms. The minimum absolute atomic E-state index is 0.0237. The molecule has 20 heavy (non-hydrogen) atoms. The molecule has 0 radical (unpaired) electrons. The first-order valence-electron chi connectivity index (χ1n) is 6.32. The third-order valence-electron chi connectivity index (χ3n) is 3.28. The van der Waals surface area contributed by atoms with Crippen LogP contribution in [0, 0.1) is 0 Å². The van der Waals surface area contributed by atoms with Gasteiger partial charge in [0.1, 0.15) is 5.02 Å². The Bertz CT molecular complexity index is 538. The molecule has 1 saturated heterocycles. The van der Waals surface area contributed by atoms with E-state index in [-0.39, 0.29) is 16.4 Å². The molecular weight excluding hydrogens is 300 g/mol. The predicted molar refractivity (Wildman–Crippen MR) is 78.8 cm³/mol. The first-order chi connectivity index (χ1) is 9.43. The van der Waals surface area contributed by atoms with Crippen LogP contribution < -0.4 is 4.74 Å². The smallest absolute Gasteiger partial charge is 0.255 e. The van der Waals surface area contributed by atoms with Crippen LogP contribution in [0.5, 0.6) is 5.88 Å². The summed E-state index contributed by atoms with van der Waals surface area (Å²) in [4.78, 5) is 18.1. The Balaban J connectivity index is 2.19. The SMILES string of the molecule is COc1ncc(C(=O)N2CC(C)S(=O)C(C)C2)cc1Cl. The van der Waals surface area contributed by atoms with Gasteiger partial charge in [-0.3, -0.25) is 9.00 Å². The summed E-state index contributed by atoms with van der Waals surface area (Å²) in [6.07, 6.45) is 1.45. The molecule has 2 rings (SSSR count). The summed E-state index contributed by atoms with van der Waals surface area (Å²) >= 11 is 5.99. The number of carbonyl (C=O) groups excluding carboxylic acids is 1. The summed E-state index contributed by atoms with van der Waals surface area (Å²) in [6.45, 7) is 4.76. The van der Waals surface area contributed by atoms with Crippen LogP contribution in [-0.4, -0.2) is 50.7 Å². The molecule has 2 heterocycles. The van der Waals surface area contributed by atoms with Crippen molar-refractivity contribution in [1.29, 1.82) is 0 Å². The van der Waals surface area contributed by atoms with Gasteiger partial charge >= 0.3 is 0 Å². The topological polar surface area (TPSA) is 59.5 Å². The fourth-order valence-corrected chi connectivity index (χ4v) is 3.97. The van der Waals surface area contributed by atoms with Crippen molar-refractivity contribution in [1.82, 2.24) is 9.88 Å². The quantitative estimate of drug-likeness (QED) is 0.833. The lowest BCUT2D eigenvalue weighted by Crippen LogP contribution is -2.49. The highest BCUT2D eigenvalue weighted by molar-refractivity contribution is 7.86. The number of halogens is 1. The van der Waals surface area contributed by atoms with Crippen molar-refractivity contribution >= 4 is 28.3 Å². The van der Waals surface area contributed by atoms with Gasteiger partial charge in [-0.05, 0) is 19.9 Å². The molecule has 0 saturated carbocycles. The van der Waals surface area contributed by atoms with Crippen molar-refractivity contribution < 1.29 is 13.7 Å². The highest BCUT2D eigenvalue weighted by Crippen LogP contribution is 2.23. The van der Waals surface area contributed by atoms with E-state index in [1.807, 2.05) is 13.8 Å². The van der Waals surface area contributed by atoms with E-state index in [0.717, 1.165) is 0 Å². The Morgan fingerprint density at radius 1 is 1.45 bits per heavy atom. The van der Waals surface area contributed by atoms with Crippen LogP contribution in [0.15, 0.2) is 12.3 Å². The molecule has 0 N–H and O–H groups in total. The number of aromatic nitrogens is 1. The first kappa shape index (κ1) is 15.3. The van der Waals surface area contributed by atoms with Crippen molar-refractivity contribution in [2.24, 2.45) is 0 Å². The molecule has 110 valence electrons. The number of carbonyl (C=O) groups is 1. The number of ether oxygens (including phenoxy) is 1. The first-order valence-corrected chi connectivity index (χ1v) is 7.97. The van der Waals surface area contributed by atoms with Gasteiger partial charge in [-0.1, -0.05) is 11.6 Å². The fraction of sp³-hybridized carbons (Fsp3) is 0.538. The second-order valence-corrected chi connectivity index (χ2v) is 7.55. The normalized spacial score (nSPS) is 26.4. The number of methoxy groups -OCH3 is 1. The van der Waals surface area contributed by atoms with E-state index < -0.39 is 10.8 Å². The molecule has 0 aromatic carbocycles. The molecule has 0 aliphatic carbocycles. The maximum atomic E-state index is 12.4. The van der Waals surface area contributed by atoms with Gasteiger partial charge in [0.05, 0.1) is 12.7 Å². The summed E-state index contributed by atoms with van der Waals surface area (Å²) < 4.78 is 16.9. The number of pyridine rings is 1. The molecule has 2 atom stereocenters. The molecule has 7 heteroatoms.